The van der Waals surface area contributed by atoms with Crippen LogP contribution >= 0.6 is 12.4 Å². The molecule has 1 aromatic carbocycles. The minimum Gasteiger partial charge on any atom is -0.333 e. The normalized spacial score (nSPS) is 23.3. The van der Waals surface area contributed by atoms with E-state index in [4.69, 9.17) is 0 Å². The van der Waals surface area contributed by atoms with Crippen molar-refractivity contribution in [2.45, 2.75) is 25.8 Å². The fraction of sp³-hybridized carbons (Fsp3) is 0.562. The topological polar surface area (TPSA) is 32.3 Å². The maximum Gasteiger partial charge on any atom is 0.226 e. The van der Waals surface area contributed by atoms with Gasteiger partial charge in [-0.25, -0.2) is 4.39 Å². The molecule has 2 atom stereocenters. The van der Waals surface area contributed by atoms with E-state index >= 15 is 0 Å². The fourth-order valence-corrected chi connectivity index (χ4v) is 3.04. The molecule has 1 aliphatic carbocycles. The minimum atomic E-state index is -0.240. The van der Waals surface area contributed by atoms with Gasteiger partial charge in [-0.05, 0) is 36.5 Å². The van der Waals surface area contributed by atoms with Crippen molar-refractivity contribution in [3.8, 4) is 0 Å². The van der Waals surface area contributed by atoms with Crippen LogP contribution in [0.1, 0.15) is 31.4 Å². The minimum absolute atomic E-state index is 0. The monoisotopic (exact) mass is 312 g/mol. The second-order valence-electron chi connectivity index (χ2n) is 5.93. The molecule has 2 aliphatic rings. The van der Waals surface area contributed by atoms with Crippen LogP contribution in [0.3, 0.4) is 0 Å². The lowest BCUT2D eigenvalue weighted by molar-refractivity contribution is -0.139. The standard InChI is InChI=1S/C16H21FN2O.ClH/c1-11(12-5-6-12)16(20)19-8-7-18-10-15(19)13-3-2-4-14(17)9-13;/h2-4,9,11-12,15,18H,5-8,10H2,1H3;1H. The Hall–Kier alpha value is -1.13. The maximum absolute atomic E-state index is 13.4. The van der Waals surface area contributed by atoms with Crippen LogP contribution in [0.15, 0.2) is 24.3 Å². The van der Waals surface area contributed by atoms with Gasteiger partial charge in [-0.2, -0.15) is 0 Å². The maximum atomic E-state index is 13.4. The van der Waals surface area contributed by atoms with E-state index in [0.717, 1.165) is 12.1 Å². The first kappa shape index (κ1) is 16.2. The molecule has 3 nitrogen and oxygen atoms in total. The van der Waals surface area contributed by atoms with Gasteiger partial charge < -0.3 is 10.2 Å². The van der Waals surface area contributed by atoms with Crippen molar-refractivity contribution in [3.05, 3.63) is 35.6 Å². The molecule has 1 saturated heterocycles. The van der Waals surface area contributed by atoms with E-state index in [0.29, 0.717) is 19.0 Å². The van der Waals surface area contributed by atoms with Crippen LogP contribution in [-0.4, -0.2) is 30.4 Å². The second kappa shape index (κ2) is 6.75. The number of carbonyl (C=O) groups is 1. The first-order chi connectivity index (χ1) is 9.66. The Morgan fingerprint density at radius 1 is 1.43 bits per heavy atom. The Kier molecular flexibility index (Phi) is 5.22. The van der Waals surface area contributed by atoms with E-state index < -0.39 is 0 Å². The van der Waals surface area contributed by atoms with Crippen molar-refractivity contribution >= 4 is 18.3 Å². The van der Waals surface area contributed by atoms with Gasteiger partial charge in [0, 0.05) is 25.6 Å². The third-order valence-corrected chi connectivity index (χ3v) is 4.48. The SMILES string of the molecule is CC(C(=O)N1CCNCC1c1cccc(F)c1)C1CC1.Cl. The van der Waals surface area contributed by atoms with E-state index in [-0.39, 0.29) is 36.1 Å². The van der Waals surface area contributed by atoms with Crippen LogP contribution in [0.2, 0.25) is 0 Å². The summed E-state index contributed by atoms with van der Waals surface area (Å²) in [5, 5.41) is 3.31. The predicted octanol–water partition coefficient (Wildman–Crippen LogP) is 2.77. The summed E-state index contributed by atoms with van der Waals surface area (Å²) in [7, 11) is 0. The zero-order valence-corrected chi connectivity index (χ0v) is 13.0. The molecule has 116 valence electrons. The lowest BCUT2D eigenvalue weighted by Gasteiger charge is -2.38. The molecule has 1 saturated carbocycles. The largest absolute Gasteiger partial charge is 0.333 e. The summed E-state index contributed by atoms with van der Waals surface area (Å²) in [6, 6.07) is 6.56. The zero-order valence-electron chi connectivity index (χ0n) is 12.2. The Bertz CT molecular complexity index is 507. The summed E-state index contributed by atoms with van der Waals surface area (Å²) in [4.78, 5) is 14.6. The Labute approximate surface area is 131 Å². The highest BCUT2D eigenvalue weighted by atomic mass is 35.5. The molecule has 1 heterocycles. The van der Waals surface area contributed by atoms with E-state index in [2.05, 4.69) is 5.32 Å². The molecule has 0 spiro atoms. The lowest BCUT2D eigenvalue weighted by atomic mass is 9.98. The molecule has 0 radical (unpaired) electrons. The smallest absolute Gasteiger partial charge is 0.226 e. The number of rotatable bonds is 3. The highest BCUT2D eigenvalue weighted by molar-refractivity contribution is 5.85. The lowest BCUT2D eigenvalue weighted by Crippen LogP contribution is -2.50. The number of nitrogens with one attached hydrogen (secondary N) is 1. The van der Waals surface area contributed by atoms with Crippen LogP contribution < -0.4 is 5.32 Å². The Morgan fingerprint density at radius 3 is 2.86 bits per heavy atom. The van der Waals surface area contributed by atoms with Crippen LogP contribution in [-0.2, 0) is 4.79 Å². The van der Waals surface area contributed by atoms with Gasteiger partial charge >= 0.3 is 0 Å². The highest BCUT2D eigenvalue weighted by Gasteiger charge is 2.38. The first-order valence-electron chi connectivity index (χ1n) is 7.43. The molecule has 21 heavy (non-hydrogen) atoms. The van der Waals surface area contributed by atoms with Crippen molar-refractivity contribution in [2.75, 3.05) is 19.6 Å². The molecular formula is C16H22ClFN2O. The van der Waals surface area contributed by atoms with E-state index in [1.807, 2.05) is 17.9 Å². The molecule has 1 N–H and O–H groups in total. The van der Waals surface area contributed by atoms with E-state index in [1.54, 1.807) is 12.1 Å². The molecule has 1 aliphatic heterocycles. The predicted molar refractivity (Wildman–Crippen MR) is 82.9 cm³/mol. The molecule has 2 fully saturated rings. The van der Waals surface area contributed by atoms with Gasteiger partial charge in [-0.15, -0.1) is 12.4 Å². The van der Waals surface area contributed by atoms with Crippen molar-refractivity contribution in [1.29, 1.82) is 0 Å². The number of amides is 1. The Morgan fingerprint density at radius 2 is 2.19 bits per heavy atom. The molecule has 1 aromatic rings. The number of piperazine rings is 1. The summed E-state index contributed by atoms with van der Waals surface area (Å²) in [6.07, 6.45) is 2.34. The summed E-state index contributed by atoms with van der Waals surface area (Å²) < 4.78 is 13.4. The Balaban J connectivity index is 0.00000161. The fourth-order valence-electron chi connectivity index (χ4n) is 3.04. The van der Waals surface area contributed by atoms with Crippen molar-refractivity contribution in [3.63, 3.8) is 0 Å². The van der Waals surface area contributed by atoms with Crippen molar-refractivity contribution < 1.29 is 9.18 Å². The van der Waals surface area contributed by atoms with Gasteiger partial charge in [0.05, 0.1) is 6.04 Å². The molecule has 5 heteroatoms. The van der Waals surface area contributed by atoms with Gasteiger partial charge in [-0.1, -0.05) is 19.1 Å². The van der Waals surface area contributed by atoms with Crippen LogP contribution in [0, 0.1) is 17.7 Å². The first-order valence-corrected chi connectivity index (χ1v) is 7.43. The van der Waals surface area contributed by atoms with Gasteiger partial charge in [0.1, 0.15) is 5.82 Å². The number of carbonyl (C=O) groups excluding carboxylic acids is 1. The number of benzene rings is 1. The van der Waals surface area contributed by atoms with Gasteiger partial charge in [0.2, 0.25) is 5.91 Å². The quantitative estimate of drug-likeness (QED) is 0.931. The zero-order chi connectivity index (χ0) is 14.1. The number of halogens is 2. The number of nitrogens with zero attached hydrogens (tertiary/aromatic N) is 1. The van der Waals surface area contributed by atoms with Crippen molar-refractivity contribution in [1.82, 2.24) is 10.2 Å². The summed E-state index contributed by atoms with van der Waals surface area (Å²) in [6.45, 7) is 4.25. The van der Waals surface area contributed by atoms with Crippen LogP contribution in [0.4, 0.5) is 4.39 Å². The number of hydrogen-bond donors (Lipinski definition) is 1. The van der Waals surface area contributed by atoms with Crippen LogP contribution in [0.5, 0.6) is 0 Å². The molecular weight excluding hydrogens is 291 g/mol. The third-order valence-electron chi connectivity index (χ3n) is 4.48. The van der Waals surface area contributed by atoms with Crippen LogP contribution in [0.25, 0.3) is 0 Å². The average Bonchev–Trinajstić information content (AvgIpc) is 3.30. The summed E-state index contributed by atoms with van der Waals surface area (Å²) in [5.41, 5.74) is 0.883. The van der Waals surface area contributed by atoms with Gasteiger partial charge in [-0.3, -0.25) is 4.79 Å². The average molecular weight is 313 g/mol. The van der Waals surface area contributed by atoms with E-state index in [1.165, 1.54) is 18.9 Å². The third kappa shape index (κ3) is 3.55. The van der Waals surface area contributed by atoms with Gasteiger partial charge in [0.15, 0.2) is 0 Å². The molecule has 0 aromatic heterocycles. The number of hydrogen-bond acceptors (Lipinski definition) is 2. The van der Waals surface area contributed by atoms with Gasteiger partial charge in [0.25, 0.3) is 0 Å². The molecule has 0 bridgehead atoms. The van der Waals surface area contributed by atoms with E-state index in [9.17, 15) is 9.18 Å². The molecule has 3 rings (SSSR count). The second-order valence-corrected chi connectivity index (χ2v) is 5.93. The molecule has 2 unspecified atom stereocenters. The van der Waals surface area contributed by atoms with Crippen molar-refractivity contribution in [2.24, 2.45) is 11.8 Å². The molecule has 1 amide bonds. The summed E-state index contributed by atoms with van der Waals surface area (Å²) in [5.74, 6) is 0.647. The summed E-state index contributed by atoms with van der Waals surface area (Å²) >= 11 is 0. The highest BCUT2D eigenvalue weighted by Crippen LogP contribution is 2.38.